The zero-order chi connectivity index (χ0) is 22.0. The molecule has 10 heteroatoms. The number of Topliss-reactive ketones (excluding diaryl/α,β-unsaturated/α-hetero) is 1. The second-order valence-electron chi connectivity index (χ2n) is 6.71. The predicted octanol–water partition coefficient (Wildman–Crippen LogP) is 1.21. The number of nitrogens with zero attached hydrogens (tertiary/aromatic N) is 3. The van der Waals surface area contributed by atoms with E-state index in [0.717, 1.165) is 12.8 Å². The highest BCUT2D eigenvalue weighted by atomic mass is 16.4. The molecule has 0 radical (unpaired) electrons. The summed E-state index contributed by atoms with van der Waals surface area (Å²) in [7, 11) is 0. The number of carbonyl (C=O) groups excluding carboxylic acids is 1. The summed E-state index contributed by atoms with van der Waals surface area (Å²) in [5.74, 6) is -3.48. The van der Waals surface area contributed by atoms with Crippen molar-refractivity contribution >= 4 is 29.5 Å². The first-order valence-electron chi connectivity index (χ1n) is 9.26. The van der Waals surface area contributed by atoms with Gasteiger partial charge in [-0.1, -0.05) is 25.8 Å². The first-order valence-corrected chi connectivity index (χ1v) is 9.26. The molecule has 0 aliphatic rings. The van der Waals surface area contributed by atoms with Crippen LogP contribution in [0.5, 0.6) is 0 Å². The molecule has 1 aromatic rings. The van der Waals surface area contributed by atoms with Crippen LogP contribution in [0.3, 0.4) is 0 Å². The number of aromatic nitrogens is 1. The average Bonchev–Trinajstić information content (AvgIpc) is 2.62. The minimum atomic E-state index is -1.18. The predicted molar refractivity (Wildman–Crippen MR) is 104 cm³/mol. The Kier molecular flexibility index (Phi) is 9.73. The number of carboxylic acids is 3. The Morgan fingerprint density at radius 3 is 2.07 bits per heavy atom. The van der Waals surface area contributed by atoms with Crippen LogP contribution in [0.1, 0.15) is 43.6 Å². The molecule has 1 heterocycles. The fraction of sp³-hybridized carbons (Fsp3) is 0.526. The fourth-order valence-corrected chi connectivity index (χ4v) is 2.97. The summed E-state index contributed by atoms with van der Waals surface area (Å²) in [6.45, 7) is 1.94. The summed E-state index contributed by atoms with van der Waals surface area (Å²) in [6, 6.07) is 4.19. The molecular weight excluding hydrogens is 382 g/mol. The van der Waals surface area contributed by atoms with Crippen LogP contribution in [0.25, 0.3) is 0 Å². The molecule has 0 amide bonds. The van der Waals surface area contributed by atoms with Gasteiger partial charge in [-0.25, -0.2) is 4.98 Å². The van der Waals surface area contributed by atoms with Crippen molar-refractivity contribution in [3.05, 3.63) is 23.9 Å². The molecule has 1 atom stereocenters. The van der Waals surface area contributed by atoms with Crippen molar-refractivity contribution in [2.24, 2.45) is 0 Å². The number of hydrogen-bond acceptors (Lipinski definition) is 7. The maximum atomic E-state index is 11.7. The molecule has 0 bridgehead atoms. The van der Waals surface area contributed by atoms with Gasteiger partial charge in [0, 0.05) is 19.5 Å². The van der Waals surface area contributed by atoms with E-state index in [-0.39, 0.29) is 23.8 Å². The van der Waals surface area contributed by atoms with Gasteiger partial charge in [0.25, 0.3) is 0 Å². The molecule has 0 aliphatic carbocycles. The van der Waals surface area contributed by atoms with Gasteiger partial charge in [-0.2, -0.15) is 0 Å². The number of ketones is 1. The summed E-state index contributed by atoms with van der Waals surface area (Å²) in [5.41, 5.74) is 0.181. The summed E-state index contributed by atoms with van der Waals surface area (Å²) in [6.07, 6.45) is 2.04. The highest BCUT2D eigenvalue weighted by Gasteiger charge is 2.26. The van der Waals surface area contributed by atoms with Gasteiger partial charge in [0.2, 0.25) is 0 Å². The third-order valence-electron chi connectivity index (χ3n) is 4.21. The van der Waals surface area contributed by atoms with Crippen LogP contribution in [0.2, 0.25) is 0 Å². The topological polar surface area (TPSA) is 148 Å². The fourth-order valence-electron chi connectivity index (χ4n) is 2.97. The molecule has 10 nitrogen and oxygen atoms in total. The van der Waals surface area contributed by atoms with Crippen LogP contribution < -0.4 is 4.90 Å². The molecule has 0 saturated carbocycles. The Bertz CT molecular complexity index is 722. The number of anilines is 1. The van der Waals surface area contributed by atoms with Crippen LogP contribution >= 0.6 is 0 Å². The Morgan fingerprint density at radius 1 is 1.00 bits per heavy atom. The van der Waals surface area contributed by atoms with Crippen molar-refractivity contribution in [2.75, 3.05) is 31.1 Å². The Hall–Kier alpha value is -3.01. The highest BCUT2D eigenvalue weighted by molar-refractivity contribution is 5.92. The maximum Gasteiger partial charge on any atom is 0.323 e. The first kappa shape index (κ1) is 24.0. The van der Waals surface area contributed by atoms with E-state index in [1.54, 1.807) is 12.1 Å². The number of carboxylic acid groups (broad SMARTS) is 3. The smallest absolute Gasteiger partial charge is 0.323 e. The van der Waals surface area contributed by atoms with Crippen LogP contribution in [0.4, 0.5) is 5.82 Å². The van der Waals surface area contributed by atoms with Gasteiger partial charge in [0.15, 0.2) is 5.78 Å². The van der Waals surface area contributed by atoms with E-state index in [1.165, 1.54) is 22.8 Å². The van der Waals surface area contributed by atoms with Gasteiger partial charge in [-0.3, -0.25) is 24.1 Å². The minimum absolute atomic E-state index is 0.0257. The molecule has 0 spiro atoms. The largest absolute Gasteiger partial charge is 0.480 e. The zero-order valence-corrected chi connectivity index (χ0v) is 16.6. The first-order chi connectivity index (χ1) is 13.6. The van der Waals surface area contributed by atoms with Crippen molar-refractivity contribution in [1.29, 1.82) is 0 Å². The van der Waals surface area contributed by atoms with E-state index >= 15 is 0 Å². The van der Waals surface area contributed by atoms with E-state index < -0.39 is 43.6 Å². The van der Waals surface area contributed by atoms with Crippen LogP contribution in [0.15, 0.2) is 18.2 Å². The average molecular weight is 409 g/mol. The SMILES string of the molecule is CCCCC(CN(CC(=O)O)CC(=O)O)N(CC(=O)O)c1cccc(C(C)=O)n1. The minimum Gasteiger partial charge on any atom is -0.480 e. The van der Waals surface area contributed by atoms with Crippen molar-refractivity contribution < 1.29 is 34.5 Å². The second kappa shape index (κ2) is 11.7. The van der Waals surface area contributed by atoms with Crippen molar-refractivity contribution in [3.63, 3.8) is 0 Å². The summed E-state index contributed by atoms with van der Waals surface area (Å²) in [4.78, 5) is 52.4. The lowest BCUT2D eigenvalue weighted by Gasteiger charge is -2.35. The van der Waals surface area contributed by atoms with Crippen LogP contribution in [-0.4, -0.2) is 81.1 Å². The van der Waals surface area contributed by atoms with E-state index in [1.807, 2.05) is 6.92 Å². The molecular formula is C19H27N3O7. The molecule has 0 aromatic carbocycles. The Balaban J connectivity index is 3.28. The molecule has 3 N–H and O–H groups in total. The number of carbonyl (C=O) groups is 4. The van der Waals surface area contributed by atoms with Gasteiger partial charge in [-0.05, 0) is 18.6 Å². The Labute approximate surface area is 168 Å². The van der Waals surface area contributed by atoms with Gasteiger partial charge < -0.3 is 20.2 Å². The second-order valence-corrected chi connectivity index (χ2v) is 6.71. The summed E-state index contributed by atoms with van der Waals surface area (Å²) < 4.78 is 0. The lowest BCUT2D eigenvalue weighted by atomic mass is 10.1. The monoisotopic (exact) mass is 409 g/mol. The quantitative estimate of drug-likeness (QED) is 0.383. The van der Waals surface area contributed by atoms with Gasteiger partial charge >= 0.3 is 17.9 Å². The number of hydrogen-bond donors (Lipinski definition) is 3. The molecule has 0 aliphatic heterocycles. The lowest BCUT2D eigenvalue weighted by Crippen LogP contribution is -2.49. The number of aliphatic carboxylic acids is 3. The lowest BCUT2D eigenvalue weighted by molar-refractivity contribution is -0.142. The van der Waals surface area contributed by atoms with Crippen molar-refractivity contribution in [3.8, 4) is 0 Å². The van der Waals surface area contributed by atoms with E-state index in [4.69, 9.17) is 10.2 Å². The molecule has 0 saturated heterocycles. The standard InChI is InChI=1S/C19H27N3O7/c1-3-4-6-14(9-21(10-17(24)25)11-18(26)27)22(12-19(28)29)16-8-5-7-15(20-16)13(2)23/h5,7-8,14H,3-4,6,9-12H2,1-2H3,(H,24,25)(H,26,27)(H,28,29). The van der Waals surface area contributed by atoms with Crippen molar-refractivity contribution in [1.82, 2.24) is 9.88 Å². The molecule has 1 unspecified atom stereocenters. The van der Waals surface area contributed by atoms with Crippen LogP contribution in [0, 0.1) is 0 Å². The summed E-state index contributed by atoms with van der Waals surface area (Å²) >= 11 is 0. The van der Waals surface area contributed by atoms with Gasteiger partial charge in [0.1, 0.15) is 18.1 Å². The number of rotatable bonds is 14. The van der Waals surface area contributed by atoms with Crippen LogP contribution in [-0.2, 0) is 14.4 Å². The molecule has 0 fully saturated rings. The van der Waals surface area contributed by atoms with E-state index in [0.29, 0.717) is 6.42 Å². The number of unbranched alkanes of at least 4 members (excludes halogenated alkanes) is 1. The molecule has 160 valence electrons. The third-order valence-corrected chi connectivity index (χ3v) is 4.21. The van der Waals surface area contributed by atoms with E-state index in [9.17, 15) is 24.3 Å². The normalized spacial score (nSPS) is 11.8. The zero-order valence-electron chi connectivity index (χ0n) is 16.6. The number of pyridine rings is 1. The van der Waals surface area contributed by atoms with Gasteiger partial charge in [-0.15, -0.1) is 0 Å². The maximum absolute atomic E-state index is 11.7. The Morgan fingerprint density at radius 2 is 1.59 bits per heavy atom. The van der Waals surface area contributed by atoms with Gasteiger partial charge in [0.05, 0.1) is 13.1 Å². The highest BCUT2D eigenvalue weighted by Crippen LogP contribution is 2.20. The summed E-state index contributed by atoms with van der Waals surface area (Å²) in [5, 5.41) is 27.6. The molecule has 29 heavy (non-hydrogen) atoms. The molecule has 1 aromatic heterocycles. The van der Waals surface area contributed by atoms with E-state index in [2.05, 4.69) is 4.98 Å². The van der Waals surface area contributed by atoms with Crippen molar-refractivity contribution in [2.45, 2.75) is 39.2 Å². The molecule has 1 rings (SSSR count). The third kappa shape index (κ3) is 8.69.